The molecule has 0 aliphatic heterocycles. The molecule has 0 spiro atoms. The van der Waals surface area contributed by atoms with Gasteiger partial charge in [0, 0.05) is 6.42 Å². The minimum atomic E-state index is -1.21. The summed E-state index contributed by atoms with van der Waals surface area (Å²) >= 11 is 0. The molecule has 1 aromatic carbocycles. The first kappa shape index (κ1) is 21.6. The molecule has 0 saturated carbocycles. The van der Waals surface area contributed by atoms with Crippen LogP contribution in [0.5, 0.6) is 0 Å². The van der Waals surface area contributed by atoms with Crippen molar-refractivity contribution in [1.82, 2.24) is 10.6 Å². The van der Waals surface area contributed by atoms with E-state index in [9.17, 15) is 19.5 Å². The molecule has 2 amide bonds. The fourth-order valence-corrected chi connectivity index (χ4v) is 2.22. The maximum absolute atomic E-state index is 12.4. The summed E-state index contributed by atoms with van der Waals surface area (Å²) in [7, 11) is 1.22. The minimum absolute atomic E-state index is 0.127. The predicted molar refractivity (Wildman–Crippen MR) is 95.9 cm³/mol. The van der Waals surface area contributed by atoms with Crippen LogP contribution in [0.15, 0.2) is 30.3 Å². The number of hydrogen-bond donors (Lipinski definition) is 4. The quantitative estimate of drug-likeness (QED) is 0.430. The van der Waals surface area contributed by atoms with Crippen LogP contribution in [0.3, 0.4) is 0 Å². The van der Waals surface area contributed by atoms with E-state index in [1.54, 1.807) is 13.8 Å². The topological polar surface area (TPSA) is 131 Å². The normalized spacial score (nSPS) is 14.2. The van der Waals surface area contributed by atoms with Gasteiger partial charge in [-0.15, -0.1) is 0 Å². The van der Waals surface area contributed by atoms with Crippen molar-refractivity contribution >= 4 is 17.8 Å². The number of carbonyl (C=O) groups is 3. The Morgan fingerprint density at radius 3 is 2.15 bits per heavy atom. The molecule has 0 unspecified atom stereocenters. The second-order valence-electron chi connectivity index (χ2n) is 6.29. The van der Waals surface area contributed by atoms with Gasteiger partial charge in [-0.05, 0) is 11.5 Å². The van der Waals surface area contributed by atoms with Crippen LogP contribution in [-0.4, -0.2) is 54.7 Å². The van der Waals surface area contributed by atoms with Gasteiger partial charge in [-0.1, -0.05) is 44.2 Å². The lowest BCUT2D eigenvalue weighted by Gasteiger charge is -2.23. The first-order valence-electron chi connectivity index (χ1n) is 8.39. The van der Waals surface area contributed by atoms with Gasteiger partial charge in [-0.2, -0.15) is 0 Å². The van der Waals surface area contributed by atoms with E-state index in [0.717, 1.165) is 5.56 Å². The van der Waals surface area contributed by atoms with Crippen molar-refractivity contribution < 1.29 is 24.2 Å². The number of rotatable bonds is 9. The highest BCUT2D eigenvalue weighted by Crippen LogP contribution is 2.05. The molecule has 0 saturated heterocycles. The molecule has 3 atom stereocenters. The molecule has 0 radical (unpaired) electrons. The van der Waals surface area contributed by atoms with E-state index in [-0.39, 0.29) is 12.3 Å². The Hall–Kier alpha value is -2.45. The number of hydrogen-bond acceptors (Lipinski definition) is 6. The predicted octanol–water partition coefficient (Wildman–Crippen LogP) is -0.653. The van der Waals surface area contributed by atoms with Crippen molar-refractivity contribution in [2.24, 2.45) is 11.7 Å². The average Bonchev–Trinajstić information content (AvgIpc) is 2.64. The van der Waals surface area contributed by atoms with Crippen LogP contribution in [0.25, 0.3) is 0 Å². The maximum Gasteiger partial charge on any atom is 0.328 e. The minimum Gasteiger partial charge on any atom is -0.467 e. The molecule has 1 rings (SSSR count). The maximum atomic E-state index is 12.4. The molecule has 0 aliphatic carbocycles. The standard InChI is InChI=1S/C18H27N3O5/c1-11(2)15(19)17(24)21-14(10-22)16(23)20-13(18(25)26-3)9-12-7-5-4-6-8-12/h4-8,11,13-15,22H,9-10,19H2,1-3H3,(H,20,23)(H,21,24)/t13-,14+,15-/m0/s1. The van der Waals surface area contributed by atoms with Crippen molar-refractivity contribution in [3.05, 3.63) is 35.9 Å². The van der Waals surface area contributed by atoms with E-state index in [0.29, 0.717) is 0 Å². The zero-order chi connectivity index (χ0) is 19.7. The zero-order valence-corrected chi connectivity index (χ0v) is 15.3. The molecule has 0 fully saturated rings. The van der Waals surface area contributed by atoms with Gasteiger partial charge < -0.3 is 26.2 Å². The third-order valence-corrected chi connectivity index (χ3v) is 3.92. The van der Waals surface area contributed by atoms with E-state index in [1.807, 2.05) is 30.3 Å². The van der Waals surface area contributed by atoms with E-state index in [2.05, 4.69) is 10.6 Å². The first-order chi connectivity index (χ1) is 12.3. The summed E-state index contributed by atoms with van der Waals surface area (Å²) in [6.45, 7) is 2.92. The lowest BCUT2D eigenvalue weighted by Crippen LogP contribution is -2.57. The molecule has 8 nitrogen and oxygen atoms in total. The smallest absolute Gasteiger partial charge is 0.328 e. The molecular weight excluding hydrogens is 338 g/mol. The van der Waals surface area contributed by atoms with E-state index < -0.39 is 42.5 Å². The van der Waals surface area contributed by atoms with Crippen LogP contribution >= 0.6 is 0 Å². The monoisotopic (exact) mass is 365 g/mol. The van der Waals surface area contributed by atoms with Gasteiger partial charge in [0.05, 0.1) is 19.8 Å². The summed E-state index contributed by atoms with van der Waals surface area (Å²) in [5, 5.41) is 14.3. The Balaban J connectivity index is 2.79. The largest absolute Gasteiger partial charge is 0.467 e. The fraction of sp³-hybridized carbons (Fsp3) is 0.500. The second-order valence-corrected chi connectivity index (χ2v) is 6.29. The number of nitrogens with two attached hydrogens (primary N) is 1. The molecule has 26 heavy (non-hydrogen) atoms. The zero-order valence-electron chi connectivity index (χ0n) is 15.3. The molecule has 0 aliphatic rings. The lowest BCUT2D eigenvalue weighted by atomic mass is 10.0. The van der Waals surface area contributed by atoms with Crippen LogP contribution in [0.1, 0.15) is 19.4 Å². The highest BCUT2D eigenvalue weighted by atomic mass is 16.5. The van der Waals surface area contributed by atoms with Gasteiger partial charge in [0.25, 0.3) is 0 Å². The van der Waals surface area contributed by atoms with Crippen molar-refractivity contribution in [3.8, 4) is 0 Å². The third-order valence-electron chi connectivity index (χ3n) is 3.92. The molecule has 0 bridgehead atoms. The van der Waals surface area contributed by atoms with Crippen LogP contribution in [0.2, 0.25) is 0 Å². The lowest BCUT2D eigenvalue weighted by molar-refractivity contribution is -0.145. The van der Waals surface area contributed by atoms with Crippen molar-refractivity contribution in [2.45, 2.75) is 38.4 Å². The summed E-state index contributed by atoms with van der Waals surface area (Å²) in [5.74, 6) is -1.99. The van der Waals surface area contributed by atoms with Crippen LogP contribution in [-0.2, 0) is 25.5 Å². The number of esters is 1. The van der Waals surface area contributed by atoms with Crippen molar-refractivity contribution in [3.63, 3.8) is 0 Å². The summed E-state index contributed by atoms with van der Waals surface area (Å²) in [5.41, 5.74) is 6.57. The number of methoxy groups -OCH3 is 1. The number of aliphatic hydroxyl groups excluding tert-OH is 1. The van der Waals surface area contributed by atoms with Gasteiger partial charge in [0.15, 0.2) is 0 Å². The van der Waals surface area contributed by atoms with Crippen LogP contribution in [0, 0.1) is 5.92 Å². The molecule has 1 aromatic rings. The molecule has 0 aromatic heterocycles. The van der Waals surface area contributed by atoms with Gasteiger partial charge in [0.1, 0.15) is 12.1 Å². The fourth-order valence-electron chi connectivity index (χ4n) is 2.22. The number of carbonyl (C=O) groups excluding carboxylic acids is 3. The highest BCUT2D eigenvalue weighted by Gasteiger charge is 2.28. The van der Waals surface area contributed by atoms with Gasteiger partial charge >= 0.3 is 5.97 Å². The van der Waals surface area contributed by atoms with Gasteiger partial charge in [0.2, 0.25) is 11.8 Å². The Kier molecular flexibility index (Phi) is 8.74. The summed E-state index contributed by atoms with van der Waals surface area (Å²) in [6.07, 6.45) is 0.219. The summed E-state index contributed by atoms with van der Waals surface area (Å²) < 4.78 is 4.73. The highest BCUT2D eigenvalue weighted by molar-refractivity contribution is 5.92. The van der Waals surface area contributed by atoms with Gasteiger partial charge in [-0.3, -0.25) is 9.59 Å². The Labute approximate surface area is 153 Å². The van der Waals surface area contributed by atoms with Crippen molar-refractivity contribution in [2.75, 3.05) is 13.7 Å². The SMILES string of the molecule is COC(=O)[C@H](Cc1ccccc1)NC(=O)[C@@H](CO)NC(=O)[C@@H](N)C(C)C. The Morgan fingerprint density at radius 1 is 1.08 bits per heavy atom. The van der Waals surface area contributed by atoms with E-state index in [1.165, 1.54) is 7.11 Å². The summed E-state index contributed by atoms with van der Waals surface area (Å²) in [6, 6.07) is 6.13. The summed E-state index contributed by atoms with van der Waals surface area (Å²) in [4.78, 5) is 36.4. The van der Waals surface area contributed by atoms with Crippen LogP contribution in [0.4, 0.5) is 0 Å². The molecule has 5 N–H and O–H groups in total. The first-order valence-corrected chi connectivity index (χ1v) is 8.39. The average molecular weight is 365 g/mol. The van der Waals surface area contributed by atoms with Crippen molar-refractivity contribution in [1.29, 1.82) is 0 Å². The number of nitrogens with one attached hydrogen (secondary N) is 2. The van der Waals surface area contributed by atoms with E-state index >= 15 is 0 Å². The molecule has 0 heterocycles. The second kappa shape index (κ2) is 10.5. The molecular formula is C18H27N3O5. The number of benzene rings is 1. The van der Waals surface area contributed by atoms with Crippen LogP contribution < -0.4 is 16.4 Å². The molecule has 8 heteroatoms. The Morgan fingerprint density at radius 2 is 1.65 bits per heavy atom. The third kappa shape index (κ3) is 6.45. The number of aliphatic hydroxyl groups is 1. The molecule has 144 valence electrons. The van der Waals surface area contributed by atoms with Gasteiger partial charge in [-0.25, -0.2) is 4.79 Å². The van der Waals surface area contributed by atoms with E-state index in [4.69, 9.17) is 10.5 Å². The number of ether oxygens (including phenoxy) is 1. The number of amides is 2. The Bertz CT molecular complexity index is 606.